The van der Waals surface area contributed by atoms with E-state index < -0.39 is 11.6 Å². The molecule has 0 aliphatic carbocycles. The highest BCUT2D eigenvalue weighted by molar-refractivity contribution is 6.01. The molecule has 146 valence electrons. The Morgan fingerprint density at radius 3 is 2.30 bits per heavy atom. The fourth-order valence-electron chi connectivity index (χ4n) is 3.03. The molecule has 2 aromatic rings. The SMILES string of the molecule is CCN(CC)c1cc(C(C)(C)C)c2cc(/C(C)=N/OC(C)=O)c(=O)oc2c1. The largest absolute Gasteiger partial charge is 0.422 e. The molecular formula is C21H28N2O4. The van der Waals surface area contributed by atoms with Gasteiger partial charge in [0.2, 0.25) is 0 Å². The van der Waals surface area contributed by atoms with Crippen molar-refractivity contribution in [2.75, 3.05) is 18.0 Å². The predicted molar refractivity (Wildman–Crippen MR) is 109 cm³/mol. The molecule has 0 aliphatic rings. The second kappa shape index (κ2) is 7.94. The number of carbonyl (C=O) groups excluding carboxylic acids is 1. The van der Waals surface area contributed by atoms with Gasteiger partial charge in [-0.25, -0.2) is 9.59 Å². The summed E-state index contributed by atoms with van der Waals surface area (Å²) in [5.41, 5.74) is 2.56. The highest BCUT2D eigenvalue weighted by Crippen LogP contribution is 2.34. The summed E-state index contributed by atoms with van der Waals surface area (Å²) in [7, 11) is 0. The lowest BCUT2D eigenvalue weighted by molar-refractivity contribution is -0.140. The minimum Gasteiger partial charge on any atom is -0.422 e. The summed E-state index contributed by atoms with van der Waals surface area (Å²) in [5, 5.41) is 4.58. The Balaban J connectivity index is 2.76. The Morgan fingerprint density at radius 2 is 1.78 bits per heavy atom. The van der Waals surface area contributed by atoms with E-state index in [0.29, 0.717) is 11.3 Å². The standard InChI is InChI=1S/C21H28N2O4/c1-8-23(9-2)15-10-18(21(5,6)7)17-12-16(13(3)22-27-14(4)24)20(25)26-19(17)11-15/h10-12H,8-9H2,1-7H3/b22-13+. The molecule has 0 bridgehead atoms. The van der Waals surface area contributed by atoms with E-state index in [-0.39, 0.29) is 11.0 Å². The molecule has 0 radical (unpaired) electrons. The van der Waals surface area contributed by atoms with Crippen molar-refractivity contribution in [2.24, 2.45) is 5.16 Å². The lowest BCUT2D eigenvalue weighted by Gasteiger charge is -2.26. The van der Waals surface area contributed by atoms with E-state index in [2.05, 4.69) is 55.6 Å². The van der Waals surface area contributed by atoms with E-state index in [1.807, 2.05) is 6.07 Å². The van der Waals surface area contributed by atoms with Crippen molar-refractivity contribution in [1.29, 1.82) is 0 Å². The lowest BCUT2D eigenvalue weighted by Crippen LogP contribution is -2.23. The summed E-state index contributed by atoms with van der Waals surface area (Å²) in [4.78, 5) is 30.4. The van der Waals surface area contributed by atoms with Crippen LogP contribution in [-0.4, -0.2) is 24.8 Å². The molecule has 0 atom stereocenters. The molecule has 2 rings (SSSR count). The number of oxime groups is 1. The first-order chi connectivity index (χ1) is 12.6. The minimum absolute atomic E-state index is 0.153. The summed E-state index contributed by atoms with van der Waals surface area (Å²) < 4.78 is 5.63. The number of fused-ring (bicyclic) bond motifs is 1. The van der Waals surface area contributed by atoms with Gasteiger partial charge in [0.15, 0.2) is 0 Å². The van der Waals surface area contributed by atoms with Crippen LogP contribution in [0.25, 0.3) is 11.0 Å². The van der Waals surface area contributed by atoms with Crippen LogP contribution in [0.15, 0.2) is 32.6 Å². The first-order valence-corrected chi connectivity index (χ1v) is 9.18. The number of carbonyl (C=O) groups is 1. The topological polar surface area (TPSA) is 72.1 Å². The van der Waals surface area contributed by atoms with Crippen LogP contribution in [0.3, 0.4) is 0 Å². The molecule has 0 saturated heterocycles. The Morgan fingerprint density at radius 1 is 1.15 bits per heavy atom. The van der Waals surface area contributed by atoms with Crippen LogP contribution in [0.2, 0.25) is 0 Å². The van der Waals surface area contributed by atoms with Gasteiger partial charge in [-0.2, -0.15) is 0 Å². The monoisotopic (exact) mass is 372 g/mol. The van der Waals surface area contributed by atoms with Crippen LogP contribution < -0.4 is 10.5 Å². The average Bonchev–Trinajstić information content (AvgIpc) is 2.58. The molecule has 6 heteroatoms. The van der Waals surface area contributed by atoms with Gasteiger partial charge >= 0.3 is 11.6 Å². The second-order valence-electron chi connectivity index (χ2n) is 7.53. The third-order valence-electron chi connectivity index (χ3n) is 4.48. The van der Waals surface area contributed by atoms with Crippen LogP contribution in [0.1, 0.15) is 59.6 Å². The number of benzene rings is 1. The quantitative estimate of drug-likeness (QED) is 0.340. The highest BCUT2D eigenvalue weighted by atomic mass is 16.7. The summed E-state index contributed by atoms with van der Waals surface area (Å²) in [5.74, 6) is -0.543. The van der Waals surface area contributed by atoms with Crippen molar-refractivity contribution in [3.05, 3.63) is 39.7 Å². The van der Waals surface area contributed by atoms with E-state index >= 15 is 0 Å². The molecule has 6 nitrogen and oxygen atoms in total. The molecule has 1 aromatic carbocycles. The first kappa shape index (κ1) is 20.7. The van der Waals surface area contributed by atoms with Crippen LogP contribution in [0, 0.1) is 0 Å². The number of hydrogen-bond donors (Lipinski definition) is 0. The average molecular weight is 372 g/mol. The van der Waals surface area contributed by atoms with Gasteiger partial charge in [-0.1, -0.05) is 25.9 Å². The molecule has 0 saturated carbocycles. The maximum atomic E-state index is 12.5. The minimum atomic E-state index is -0.543. The summed E-state index contributed by atoms with van der Waals surface area (Å²) in [6.45, 7) is 15.2. The van der Waals surface area contributed by atoms with Gasteiger partial charge in [0.25, 0.3) is 0 Å². The van der Waals surface area contributed by atoms with Crippen molar-refractivity contribution >= 4 is 28.3 Å². The maximum absolute atomic E-state index is 12.5. The fourth-order valence-corrected chi connectivity index (χ4v) is 3.03. The molecule has 1 heterocycles. The van der Waals surface area contributed by atoms with Gasteiger partial charge in [-0.05, 0) is 43.9 Å². The highest BCUT2D eigenvalue weighted by Gasteiger charge is 2.22. The van der Waals surface area contributed by atoms with Gasteiger partial charge in [0.05, 0.1) is 11.3 Å². The van der Waals surface area contributed by atoms with Crippen molar-refractivity contribution in [3.63, 3.8) is 0 Å². The van der Waals surface area contributed by atoms with E-state index in [0.717, 1.165) is 29.7 Å². The Bertz CT molecular complexity index is 932. The molecule has 0 unspecified atom stereocenters. The zero-order valence-corrected chi connectivity index (χ0v) is 17.2. The summed E-state index contributed by atoms with van der Waals surface area (Å²) in [6, 6.07) is 5.83. The molecular weight excluding hydrogens is 344 g/mol. The van der Waals surface area contributed by atoms with Gasteiger partial charge < -0.3 is 14.2 Å². The molecule has 27 heavy (non-hydrogen) atoms. The number of anilines is 1. The zero-order valence-electron chi connectivity index (χ0n) is 17.2. The van der Waals surface area contributed by atoms with E-state index in [1.165, 1.54) is 6.92 Å². The van der Waals surface area contributed by atoms with E-state index in [1.54, 1.807) is 13.0 Å². The molecule has 0 amide bonds. The number of rotatable bonds is 5. The van der Waals surface area contributed by atoms with E-state index in [9.17, 15) is 9.59 Å². The van der Waals surface area contributed by atoms with E-state index in [4.69, 9.17) is 4.42 Å². The predicted octanol–water partition coefficient (Wildman–Crippen LogP) is 4.22. The van der Waals surface area contributed by atoms with Gasteiger partial charge in [-0.3, -0.25) is 0 Å². The first-order valence-electron chi connectivity index (χ1n) is 9.18. The lowest BCUT2D eigenvalue weighted by atomic mass is 9.84. The van der Waals surface area contributed by atoms with Crippen molar-refractivity contribution in [1.82, 2.24) is 0 Å². The molecule has 0 fully saturated rings. The molecule has 1 aromatic heterocycles. The summed E-state index contributed by atoms with van der Waals surface area (Å²) >= 11 is 0. The normalized spacial score (nSPS) is 12.3. The molecule has 0 aliphatic heterocycles. The van der Waals surface area contributed by atoms with Crippen molar-refractivity contribution < 1.29 is 14.0 Å². The van der Waals surface area contributed by atoms with Crippen LogP contribution in [0.4, 0.5) is 5.69 Å². The third kappa shape index (κ3) is 4.56. The van der Waals surface area contributed by atoms with Crippen molar-refractivity contribution in [2.45, 2.75) is 53.9 Å². The second-order valence-corrected chi connectivity index (χ2v) is 7.53. The number of hydrogen-bond acceptors (Lipinski definition) is 6. The Kier molecular flexibility index (Phi) is 6.08. The Hall–Kier alpha value is -2.63. The fraction of sp³-hybridized carbons (Fsp3) is 0.476. The summed E-state index contributed by atoms with van der Waals surface area (Å²) in [6.07, 6.45) is 0. The van der Waals surface area contributed by atoms with Crippen LogP contribution >= 0.6 is 0 Å². The zero-order chi connectivity index (χ0) is 20.4. The van der Waals surface area contributed by atoms with Crippen LogP contribution in [-0.2, 0) is 15.0 Å². The van der Waals surface area contributed by atoms with Crippen LogP contribution in [0.5, 0.6) is 0 Å². The maximum Gasteiger partial charge on any atom is 0.345 e. The molecule has 0 N–H and O–H groups in total. The van der Waals surface area contributed by atoms with Gasteiger partial charge in [0.1, 0.15) is 5.58 Å². The third-order valence-corrected chi connectivity index (χ3v) is 4.48. The molecule has 0 spiro atoms. The Labute approximate surface area is 159 Å². The van der Waals surface area contributed by atoms with Gasteiger partial charge in [0, 0.05) is 37.2 Å². The van der Waals surface area contributed by atoms with Gasteiger partial charge in [-0.15, -0.1) is 0 Å². The smallest absolute Gasteiger partial charge is 0.345 e. The number of nitrogens with zero attached hydrogens (tertiary/aromatic N) is 2. The van der Waals surface area contributed by atoms with Crippen molar-refractivity contribution in [3.8, 4) is 0 Å².